The van der Waals surface area contributed by atoms with E-state index < -0.39 is 0 Å². The highest BCUT2D eigenvalue weighted by Gasteiger charge is 2.32. The highest BCUT2D eigenvalue weighted by atomic mass is 35.5. The van der Waals surface area contributed by atoms with E-state index in [9.17, 15) is 4.79 Å². The fraction of sp³-hybridized carbons (Fsp3) is 0.476. The number of fused-ring (bicyclic) bond motifs is 3. The number of nitrogens with zero attached hydrogens (tertiary/aromatic N) is 1. The molecule has 2 unspecified atom stereocenters. The summed E-state index contributed by atoms with van der Waals surface area (Å²) >= 11 is 6.39. The lowest BCUT2D eigenvalue weighted by molar-refractivity contribution is 0.170. The highest BCUT2D eigenvalue weighted by molar-refractivity contribution is 6.18. The van der Waals surface area contributed by atoms with Gasteiger partial charge in [0.25, 0.3) is 0 Å². The van der Waals surface area contributed by atoms with E-state index in [2.05, 4.69) is 11.5 Å². The Labute approximate surface area is 164 Å². The number of benzene rings is 1. The molecule has 6 heteroatoms. The fourth-order valence-corrected chi connectivity index (χ4v) is 4.20. The molecule has 1 aliphatic heterocycles. The van der Waals surface area contributed by atoms with Crippen molar-refractivity contribution in [1.29, 1.82) is 0 Å². The van der Waals surface area contributed by atoms with Gasteiger partial charge in [0.05, 0.1) is 19.4 Å². The molecule has 0 fully saturated rings. The molecule has 0 aliphatic carbocycles. The molecular formula is C21H26ClNO4. The Morgan fingerprint density at radius 3 is 2.63 bits per heavy atom. The second-order valence-corrected chi connectivity index (χ2v) is 6.99. The predicted octanol–water partition coefficient (Wildman–Crippen LogP) is 4.23. The van der Waals surface area contributed by atoms with Crippen molar-refractivity contribution in [2.75, 3.05) is 33.3 Å². The lowest BCUT2D eigenvalue weighted by atomic mass is 9.82. The number of hydrogen-bond acceptors (Lipinski definition) is 4. The van der Waals surface area contributed by atoms with Crippen molar-refractivity contribution < 1.29 is 14.2 Å². The normalized spacial score (nSPS) is 17.9. The third-order valence-electron chi connectivity index (χ3n) is 5.12. The molecule has 1 aromatic carbocycles. The van der Waals surface area contributed by atoms with Crippen LogP contribution in [0.2, 0.25) is 0 Å². The van der Waals surface area contributed by atoms with Gasteiger partial charge in [0, 0.05) is 61.9 Å². The molecule has 2 aromatic rings. The minimum absolute atomic E-state index is 0.00904. The van der Waals surface area contributed by atoms with Gasteiger partial charge in [-0.3, -0.25) is 4.79 Å². The Bertz CT molecular complexity index is 849. The topological polar surface area (TPSA) is 49.7 Å². The van der Waals surface area contributed by atoms with Crippen molar-refractivity contribution in [3.05, 3.63) is 46.2 Å². The number of ether oxygens (including phenoxy) is 3. The van der Waals surface area contributed by atoms with Crippen LogP contribution in [-0.2, 0) is 4.74 Å². The number of alkyl halides is 1. The molecule has 0 N–H and O–H groups in total. The van der Waals surface area contributed by atoms with Crippen molar-refractivity contribution in [2.45, 2.75) is 31.7 Å². The van der Waals surface area contributed by atoms with Gasteiger partial charge < -0.3 is 18.8 Å². The van der Waals surface area contributed by atoms with Crippen LogP contribution < -0.4 is 14.9 Å². The molecule has 146 valence electrons. The fourth-order valence-electron chi connectivity index (χ4n) is 3.83. The first-order chi connectivity index (χ1) is 13.1. The van der Waals surface area contributed by atoms with E-state index in [0.29, 0.717) is 30.6 Å². The molecule has 2 atom stereocenters. The lowest BCUT2D eigenvalue weighted by Gasteiger charge is -2.36. The number of hydrogen-bond donors (Lipinski definition) is 0. The summed E-state index contributed by atoms with van der Waals surface area (Å²) in [5.74, 6) is 1.97. The molecular weight excluding hydrogens is 366 g/mol. The van der Waals surface area contributed by atoms with Crippen LogP contribution in [0, 0.1) is 0 Å². The quantitative estimate of drug-likeness (QED) is 0.499. The minimum atomic E-state index is -0.00904. The van der Waals surface area contributed by atoms with E-state index in [-0.39, 0.29) is 17.4 Å². The Morgan fingerprint density at radius 2 is 1.96 bits per heavy atom. The average Bonchev–Trinajstić information content (AvgIpc) is 2.69. The number of halogens is 1. The van der Waals surface area contributed by atoms with E-state index in [1.165, 1.54) is 0 Å². The molecule has 0 radical (unpaired) electrons. The van der Waals surface area contributed by atoms with Crippen LogP contribution in [0.3, 0.4) is 0 Å². The van der Waals surface area contributed by atoms with Gasteiger partial charge in [0.1, 0.15) is 0 Å². The minimum Gasteiger partial charge on any atom is -0.493 e. The number of methoxy groups -OCH3 is 2. The predicted molar refractivity (Wildman–Crippen MR) is 107 cm³/mol. The van der Waals surface area contributed by atoms with Gasteiger partial charge in [-0.15, -0.1) is 11.6 Å². The third-order valence-corrected chi connectivity index (χ3v) is 5.46. The second kappa shape index (κ2) is 8.81. The zero-order valence-electron chi connectivity index (χ0n) is 16.0. The monoisotopic (exact) mass is 391 g/mol. The largest absolute Gasteiger partial charge is 0.493 e. The molecule has 3 rings (SSSR count). The summed E-state index contributed by atoms with van der Waals surface area (Å²) < 4.78 is 18.8. The lowest BCUT2D eigenvalue weighted by Crippen LogP contribution is -2.26. The summed E-state index contributed by atoms with van der Waals surface area (Å²) in [6.07, 6.45) is 3.59. The van der Waals surface area contributed by atoms with Gasteiger partial charge in [-0.25, -0.2) is 0 Å². The first-order valence-electron chi connectivity index (χ1n) is 9.26. The molecule has 0 spiro atoms. The van der Waals surface area contributed by atoms with Crippen LogP contribution in [0.25, 0.3) is 11.3 Å². The van der Waals surface area contributed by atoms with E-state index in [0.717, 1.165) is 29.7 Å². The molecule has 0 saturated carbocycles. The molecule has 5 nitrogen and oxygen atoms in total. The maximum absolute atomic E-state index is 12.0. The van der Waals surface area contributed by atoms with Crippen molar-refractivity contribution in [2.24, 2.45) is 0 Å². The Morgan fingerprint density at radius 1 is 1.15 bits per heavy atom. The third kappa shape index (κ3) is 3.85. The summed E-state index contributed by atoms with van der Waals surface area (Å²) in [5, 5.41) is 0. The highest BCUT2D eigenvalue weighted by Crippen LogP contribution is 2.47. The van der Waals surface area contributed by atoms with Crippen LogP contribution in [0.4, 0.5) is 0 Å². The smallest absolute Gasteiger partial charge is 0.182 e. The van der Waals surface area contributed by atoms with Crippen LogP contribution in [-0.4, -0.2) is 37.9 Å². The zero-order chi connectivity index (χ0) is 19.4. The molecule has 1 aliphatic rings. The van der Waals surface area contributed by atoms with E-state index in [1.807, 2.05) is 18.3 Å². The summed E-state index contributed by atoms with van der Waals surface area (Å²) in [6, 6.07) is 7.47. The molecule has 2 heterocycles. The van der Waals surface area contributed by atoms with Crippen LogP contribution in [0.15, 0.2) is 35.3 Å². The molecule has 0 saturated heterocycles. The van der Waals surface area contributed by atoms with Gasteiger partial charge in [-0.1, -0.05) is 6.92 Å². The molecule has 0 amide bonds. The van der Waals surface area contributed by atoms with E-state index in [4.69, 9.17) is 25.8 Å². The molecule has 0 bridgehead atoms. The van der Waals surface area contributed by atoms with Crippen molar-refractivity contribution in [3.63, 3.8) is 0 Å². The van der Waals surface area contributed by atoms with Gasteiger partial charge in [-0.2, -0.15) is 0 Å². The maximum atomic E-state index is 12.0. The Hall–Kier alpha value is -1.98. The van der Waals surface area contributed by atoms with Crippen molar-refractivity contribution >= 4 is 11.6 Å². The SMILES string of the molecule is CCC1C(CCl)c2cc(OCCCOC)c(OC)cc2-c2cc(=O)ccn21. The standard InChI is InChI=1S/C21H26ClNO4/c1-4-18-17(13-22)15-11-21(27-9-5-8-25-2)20(26-3)12-16(15)19-10-14(24)6-7-23(18)19/h6-7,10-12,17-18H,4-5,8-9,13H2,1-3H3. The number of rotatable bonds is 8. The number of pyridine rings is 1. The van der Waals surface area contributed by atoms with Crippen LogP contribution >= 0.6 is 11.6 Å². The maximum Gasteiger partial charge on any atom is 0.182 e. The van der Waals surface area contributed by atoms with Gasteiger partial charge >= 0.3 is 0 Å². The molecule has 27 heavy (non-hydrogen) atoms. The van der Waals surface area contributed by atoms with Crippen molar-refractivity contribution in [3.8, 4) is 22.8 Å². The summed E-state index contributed by atoms with van der Waals surface area (Å²) in [6.45, 7) is 3.33. The Balaban J connectivity index is 2.10. The van der Waals surface area contributed by atoms with Crippen LogP contribution in [0.1, 0.15) is 37.3 Å². The summed E-state index contributed by atoms with van der Waals surface area (Å²) in [5.41, 5.74) is 2.97. The van der Waals surface area contributed by atoms with Crippen LogP contribution in [0.5, 0.6) is 11.5 Å². The average molecular weight is 392 g/mol. The summed E-state index contributed by atoms with van der Waals surface area (Å²) in [4.78, 5) is 12.0. The van der Waals surface area contributed by atoms with Crippen molar-refractivity contribution in [1.82, 2.24) is 4.57 Å². The number of aromatic nitrogens is 1. The van der Waals surface area contributed by atoms with E-state index >= 15 is 0 Å². The zero-order valence-corrected chi connectivity index (χ0v) is 16.8. The van der Waals surface area contributed by atoms with Gasteiger partial charge in [0.15, 0.2) is 16.9 Å². The molecule has 1 aromatic heterocycles. The Kier molecular flexibility index (Phi) is 6.45. The first-order valence-corrected chi connectivity index (χ1v) is 9.80. The van der Waals surface area contributed by atoms with Gasteiger partial charge in [-0.05, 0) is 24.1 Å². The second-order valence-electron chi connectivity index (χ2n) is 6.68. The van der Waals surface area contributed by atoms with E-state index in [1.54, 1.807) is 26.4 Å². The summed E-state index contributed by atoms with van der Waals surface area (Å²) in [7, 11) is 3.30. The first kappa shape index (κ1) is 19.8. The van der Waals surface area contributed by atoms with Gasteiger partial charge in [0.2, 0.25) is 0 Å².